The number of carboxylic acids is 1. The van der Waals surface area contributed by atoms with Crippen LogP contribution in [0.5, 0.6) is 5.75 Å². The Morgan fingerprint density at radius 3 is 2.74 bits per heavy atom. The van der Waals surface area contributed by atoms with E-state index in [9.17, 15) is 9.90 Å². The molecular weight excluding hydrogens is 290 g/mol. The van der Waals surface area contributed by atoms with E-state index >= 15 is 0 Å². The smallest absolute Gasteiger partial charge is 0.326 e. The Balaban J connectivity index is 2.54. The molecule has 1 aliphatic rings. The summed E-state index contributed by atoms with van der Waals surface area (Å²) in [4.78, 5) is 14.1. The average Bonchev–Trinajstić information content (AvgIpc) is 2.48. The molecule has 1 aliphatic heterocycles. The van der Waals surface area contributed by atoms with Crippen molar-refractivity contribution in [3.63, 3.8) is 0 Å². The van der Waals surface area contributed by atoms with Crippen LogP contribution < -0.4 is 9.64 Å². The third kappa shape index (κ3) is 3.46. The number of anilines is 1. The first kappa shape index (κ1) is 17.6. The lowest BCUT2D eigenvalue weighted by molar-refractivity contribution is -0.139. The van der Waals surface area contributed by atoms with E-state index in [-0.39, 0.29) is 5.54 Å². The highest BCUT2D eigenvalue weighted by atomic mass is 16.5. The lowest BCUT2D eigenvalue weighted by atomic mass is 9.78. The Labute approximate surface area is 139 Å². The highest BCUT2D eigenvalue weighted by Gasteiger charge is 2.42. The molecule has 2 rings (SSSR count). The van der Waals surface area contributed by atoms with Crippen LogP contribution in [0.15, 0.2) is 18.2 Å². The number of unbranched alkanes of at least 4 members (excludes halogenated alkanes) is 1. The third-order valence-electron chi connectivity index (χ3n) is 4.91. The molecule has 0 aromatic heterocycles. The molecule has 0 bridgehead atoms. The topological polar surface area (TPSA) is 49.8 Å². The minimum absolute atomic E-state index is 0.199. The first-order valence-corrected chi connectivity index (χ1v) is 8.52. The monoisotopic (exact) mass is 319 g/mol. The zero-order valence-electron chi connectivity index (χ0n) is 14.9. The second kappa shape index (κ2) is 6.81. The van der Waals surface area contributed by atoms with Crippen molar-refractivity contribution in [1.82, 2.24) is 0 Å². The van der Waals surface area contributed by atoms with Crippen molar-refractivity contribution in [2.24, 2.45) is 0 Å². The van der Waals surface area contributed by atoms with Gasteiger partial charge in [0.15, 0.2) is 0 Å². The number of carboxylic acid groups (broad SMARTS) is 1. The highest BCUT2D eigenvalue weighted by Crippen LogP contribution is 2.46. The lowest BCUT2D eigenvalue weighted by Crippen LogP contribution is -2.56. The van der Waals surface area contributed by atoms with Crippen LogP contribution in [0, 0.1) is 0 Å². The Bertz CT molecular complexity index is 568. The highest BCUT2D eigenvalue weighted by molar-refractivity contribution is 5.80. The summed E-state index contributed by atoms with van der Waals surface area (Å²) in [5.74, 6) is 0.441. The van der Waals surface area contributed by atoms with Crippen molar-refractivity contribution in [3.05, 3.63) is 23.8 Å². The molecule has 128 valence electrons. The van der Waals surface area contributed by atoms with E-state index in [1.807, 2.05) is 12.1 Å². The number of methoxy groups -OCH3 is 1. The first-order chi connectivity index (χ1) is 10.8. The molecule has 0 radical (unpaired) electrons. The molecule has 1 heterocycles. The summed E-state index contributed by atoms with van der Waals surface area (Å²) in [7, 11) is 1.65. The van der Waals surface area contributed by atoms with Crippen molar-refractivity contribution in [3.8, 4) is 5.75 Å². The number of rotatable bonds is 6. The molecule has 2 unspecified atom stereocenters. The van der Waals surface area contributed by atoms with Crippen LogP contribution in [-0.2, 0) is 4.79 Å². The molecule has 23 heavy (non-hydrogen) atoms. The minimum atomic E-state index is -0.741. The molecule has 0 saturated heterocycles. The molecule has 0 fully saturated rings. The van der Waals surface area contributed by atoms with Gasteiger partial charge in [-0.3, -0.25) is 0 Å². The first-order valence-electron chi connectivity index (χ1n) is 8.52. The van der Waals surface area contributed by atoms with Gasteiger partial charge in [0.2, 0.25) is 0 Å². The number of hydrogen-bond acceptors (Lipinski definition) is 3. The quantitative estimate of drug-likeness (QED) is 0.842. The number of aliphatic carboxylic acids is 1. The Morgan fingerprint density at radius 2 is 2.17 bits per heavy atom. The average molecular weight is 319 g/mol. The second-order valence-corrected chi connectivity index (χ2v) is 7.21. The van der Waals surface area contributed by atoms with Crippen LogP contribution in [0.3, 0.4) is 0 Å². The standard InChI is InChI=1S/C19H29NO3/c1-6-7-8-16(18(21)22)20-17-11-14(23-5)9-10-15(17)13(2)12-19(20,3)4/h9-11,13,16H,6-8,12H2,1-5H3,(H,21,22). The van der Waals surface area contributed by atoms with Crippen molar-refractivity contribution in [1.29, 1.82) is 0 Å². The van der Waals surface area contributed by atoms with Gasteiger partial charge in [-0.2, -0.15) is 0 Å². The van der Waals surface area contributed by atoms with Gasteiger partial charge in [-0.05, 0) is 44.2 Å². The van der Waals surface area contributed by atoms with Crippen LogP contribution >= 0.6 is 0 Å². The van der Waals surface area contributed by atoms with Gasteiger partial charge >= 0.3 is 5.97 Å². The van der Waals surface area contributed by atoms with Crippen LogP contribution in [0.2, 0.25) is 0 Å². The molecule has 4 nitrogen and oxygen atoms in total. The van der Waals surface area contributed by atoms with E-state index in [2.05, 4.69) is 38.7 Å². The van der Waals surface area contributed by atoms with Crippen LogP contribution in [0.25, 0.3) is 0 Å². The summed E-state index contributed by atoms with van der Waals surface area (Å²) in [6.45, 7) is 8.60. The van der Waals surface area contributed by atoms with E-state index in [1.165, 1.54) is 5.56 Å². The summed E-state index contributed by atoms with van der Waals surface area (Å²) >= 11 is 0. The summed E-state index contributed by atoms with van der Waals surface area (Å²) in [6.07, 6.45) is 3.53. The van der Waals surface area contributed by atoms with Crippen LogP contribution in [-0.4, -0.2) is 29.8 Å². The van der Waals surface area contributed by atoms with Crippen molar-refractivity contribution >= 4 is 11.7 Å². The molecule has 0 amide bonds. The molecule has 4 heteroatoms. The van der Waals surface area contributed by atoms with Crippen molar-refractivity contribution in [2.45, 2.75) is 70.9 Å². The zero-order chi connectivity index (χ0) is 17.2. The summed E-state index contributed by atoms with van der Waals surface area (Å²) < 4.78 is 5.38. The summed E-state index contributed by atoms with van der Waals surface area (Å²) in [5, 5.41) is 9.83. The van der Waals surface area contributed by atoms with E-state index in [0.717, 1.165) is 30.7 Å². The van der Waals surface area contributed by atoms with E-state index in [4.69, 9.17) is 4.74 Å². The lowest BCUT2D eigenvalue weighted by Gasteiger charge is -2.50. The third-order valence-corrected chi connectivity index (χ3v) is 4.91. The predicted molar refractivity (Wildman–Crippen MR) is 93.5 cm³/mol. The van der Waals surface area contributed by atoms with E-state index in [0.29, 0.717) is 12.3 Å². The maximum Gasteiger partial charge on any atom is 0.326 e. The largest absolute Gasteiger partial charge is 0.497 e. The number of ether oxygens (including phenoxy) is 1. The number of benzene rings is 1. The van der Waals surface area contributed by atoms with Gasteiger partial charge in [0.05, 0.1) is 7.11 Å². The Kier molecular flexibility index (Phi) is 5.23. The molecule has 1 N–H and O–H groups in total. The maximum absolute atomic E-state index is 12.0. The fraction of sp³-hybridized carbons (Fsp3) is 0.632. The number of carbonyl (C=O) groups is 1. The van der Waals surface area contributed by atoms with Gasteiger partial charge in [-0.1, -0.05) is 32.8 Å². The van der Waals surface area contributed by atoms with Gasteiger partial charge in [0, 0.05) is 17.3 Å². The van der Waals surface area contributed by atoms with Gasteiger partial charge in [0.25, 0.3) is 0 Å². The fourth-order valence-corrected chi connectivity index (χ4v) is 3.91. The normalized spacial score (nSPS) is 20.7. The molecule has 2 atom stereocenters. The second-order valence-electron chi connectivity index (χ2n) is 7.21. The number of nitrogens with zero attached hydrogens (tertiary/aromatic N) is 1. The fourth-order valence-electron chi connectivity index (χ4n) is 3.91. The van der Waals surface area contributed by atoms with Crippen molar-refractivity contribution in [2.75, 3.05) is 12.0 Å². The molecular formula is C19H29NO3. The van der Waals surface area contributed by atoms with E-state index < -0.39 is 12.0 Å². The van der Waals surface area contributed by atoms with Gasteiger partial charge in [0.1, 0.15) is 11.8 Å². The SMILES string of the molecule is CCCCC(C(=O)O)N1c2cc(OC)ccc2C(C)CC1(C)C. The summed E-state index contributed by atoms with van der Waals surface area (Å²) in [5.41, 5.74) is 2.03. The minimum Gasteiger partial charge on any atom is -0.497 e. The van der Waals surface area contributed by atoms with Gasteiger partial charge in [-0.25, -0.2) is 4.79 Å². The Hall–Kier alpha value is -1.71. The van der Waals surface area contributed by atoms with Crippen LogP contribution in [0.4, 0.5) is 5.69 Å². The van der Waals surface area contributed by atoms with Gasteiger partial charge in [-0.15, -0.1) is 0 Å². The summed E-state index contributed by atoms with van der Waals surface area (Å²) in [6, 6.07) is 5.55. The number of hydrogen-bond donors (Lipinski definition) is 1. The number of fused-ring (bicyclic) bond motifs is 1. The Morgan fingerprint density at radius 1 is 1.48 bits per heavy atom. The van der Waals surface area contributed by atoms with Crippen molar-refractivity contribution < 1.29 is 14.6 Å². The zero-order valence-corrected chi connectivity index (χ0v) is 14.9. The maximum atomic E-state index is 12.0. The molecule has 0 spiro atoms. The van der Waals surface area contributed by atoms with Gasteiger partial charge < -0.3 is 14.7 Å². The van der Waals surface area contributed by atoms with E-state index in [1.54, 1.807) is 7.11 Å². The molecule has 0 saturated carbocycles. The molecule has 0 aliphatic carbocycles. The predicted octanol–water partition coefficient (Wildman–Crippen LogP) is 4.43. The molecule has 1 aromatic rings. The van der Waals surface area contributed by atoms with Crippen LogP contribution in [0.1, 0.15) is 64.9 Å². The molecule has 1 aromatic carbocycles.